The van der Waals surface area contributed by atoms with E-state index < -0.39 is 6.61 Å². The Hall–Kier alpha value is -1.80. The Kier molecular flexibility index (Phi) is 7.44. The van der Waals surface area contributed by atoms with Gasteiger partial charge in [0.25, 0.3) is 0 Å². The highest BCUT2D eigenvalue weighted by atomic mass is 19.3. The van der Waals surface area contributed by atoms with E-state index in [4.69, 9.17) is 4.74 Å². The van der Waals surface area contributed by atoms with Gasteiger partial charge in [-0.15, -0.1) is 11.8 Å². The highest BCUT2D eigenvalue weighted by Crippen LogP contribution is 2.29. The molecular formula is C15H19F2NO2. The largest absolute Gasteiger partial charge is 0.490 e. The fourth-order valence-electron chi connectivity index (χ4n) is 1.63. The van der Waals surface area contributed by atoms with Crippen LogP contribution < -0.4 is 14.8 Å². The lowest BCUT2D eigenvalue weighted by atomic mass is 10.2. The maximum absolute atomic E-state index is 12.3. The van der Waals surface area contributed by atoms with E-state index >= 15 is 0 Å². The summed E-state index contributed by atoms with van der Waals surface area (Å²) in [7, 11) is 0. The minimum Gasteiger partial charge on any atom is -0.490 e. The number of ether oxygens (including phenoxy) is 2. The SMILES string of the molecule is CC#CCCNCc1ccc(OC(F)F)c(OCC)c1. The summed E-state index contributed by atoms with van der Waals surface area (Å²) in [4.78, 5) is 0. The van der Waals surface area contributed by atoms with Crippen molar-refractivity contribution in [2.45, 2.75) is 33.4 Å². The van der Waals surface area contributed by atoms with E-state index in [1.54, 1.807) is 26.0 Å². The van der Waals surface area contributed by atoms with Crippen LogP contribution in [-0.4, -0.2) is 19.8 Å². The van der Waals surface area contributed by atoms with Crippen molar-refractivity contribution in [1.29, 1.82) is 0 Å². The zero-order chi connectivity index (χ0) is 14.8. The molecule has 0 aromatic heterocycles. The smallest absolute Gasteiger partial charge is 0.387 e. The van der Waals surface area contributed by atoms with Gasteiger partial charge >= 0.3 is 6.61 Å². The fraction of sp³-hybridized carbons (Fsp3) is 0.467. The summed E-state index contributed by atoms with van der Waals surface area (Å²) in [6.07, 6.45) is 0.779. The average Bonchev–Trinajstić information content (AvgIpc) is 2.41. The van der Waals surface area contributed by atoms with Crippen molar-refractivity contribution in [3.63, 3.8) is 0 Å². The average molecular weight is 283 g/mol. The molecule has 0 saturated carbocycles. The lowest BCUT2D eigenvalue weighted by Gasteiger charge is -2.13. The maximum atomic E-state index is 12.3. The van der Waals surface area contributed by atoms with Gasteiger partial charge in [0, 0.05) is 19.5 Å². The van der Waals surface area contributed by atoms with Crippen LogP contribution in [0.1, 0.15) is 25.8 Å². The molecule has 0 unspecified atom stereocenters. The molecule has 0 spiro atoms. The van der Waals surface area contributed by atoms with Crippen molar-refractivity contribution in [2.75, 3.05) is 13.2 Å². The highest BCUT2D eigenvalue weighted by molar-refractivity contribution is 5.43. The number of nitrogens with one attached hydrogen (secondary N) is 1. The Balaban J connectivity index is 2.63. The van der Waals surface area contributed by atoms with Crippen LogP contribution in [0.4, 0.5) is 8.78 Å². The van der Waals surface area contributed by atoms with Crippen molar-refractivity contribution >= 4 is 0 Å². The molecule has 0 atom stereocenters. The van der Waals surface area contributed by atoms with Crippen LogP contribution in [0, 0.1) is 11.8 Å². The van der Waals surface area contributed by atoms with Crippen molar-refractivity contribution in [1.82, 2.24) is 5.32 Å². The first-order valence-electron chi connectivity index (χ1n) is 6.48. The first-order chi connectivity index (χ1) is 9.67. The van der Waals surface area contributed by atoms with Gasteiger partial charge in [-0.25, -0.2) is 0 Å². The number of rotatable bonds is 8. The Morgan fingerprint density at radius 3 is 2.75 bits per heavy atom. The molecule has 0 aliphatic heterocycles. The van der Waals surface area contributed by atoms with Crippen LogP contribution in [0.15, 0.2) is 18.2 Å². The molecule has 20 heavy (non-hydrogen) atoms. The van der Waals surface area contributed by atoms with Gasteiger partial charge in [-0.05, 0) is 31.5 Å². The highest BCUT2D eigenvalue weighted by Gasteiger charge is 2.11. The number of benzene rings is 1. The van der Waals surface area contributed by atoms with Gasteiger partial charge in [0.1, 0.15) is 0 Å². The first kappa shape index (κ1) is 16.3. The van der Waals surface area contributed by atoms with Crippen LogP contribution in [0.25, 0.3) is 0 Å². The van der Waals surface area contributed by atoms with Crippen molar-refractivity contribution in [3.05, 3.63) is 23.8 Å². The standard InChI is InChI=1S/C15H19F2NO2/c1-3-5-6-9-18-11-12-7-8-13(20-15(16)17)14(10-12)19-4-2/h7-8,10,15,18H,4,6,9,11H2,1-2H3. The molecule has 1 rings (SSSR count). The van der Waals surface area contributed by atoms with Crippen LogP contribution in [-0.2, 0) is 6.54 Å². The molecule has 0 radical (unpaired) electrons. The van der Waals surface area contributed by atoms with Gasteiger partial charge in [-0.2, -0.15) is 8.78 Å². The van der Waals surface area contributed by atoms with E-state index in [1.165, 1.54) is 6.07 Å². The molecule has 0 aliphatic carbocycles. The minimum atomic E-state index is -2.86. The third kappa shape index (κ3) is 5.89. The zero-order valence-electron chi connectivity index (χ0n) is 11.7. The number of hydrogen-bond donors (Lipinski definition) is 1. The van der Waals surface area contributed by atoms with Crippen molar-refractivity contribution < 1.29 is 18.3 Å². The molecule has 110 valence electrons. The van der Waals surface area contributed by atoms with E-state index in [0.29, 0.717) is 18.9 Å². The van der Waals surface area contributed by atoms with E-state index in [-0.39, 0.29) is 5.75 Å². The molecule has 0 heterocycles. The molecular weight excluding hydrogens is 264 g/mol. The van der Waals surface area contributed by atoms with Crippen molar-refractivity contribution in [3.8, 4) is 23.3 Å². The predicted octanol–water partition coefficient (Wildman–Crippen LogP) is 3.19. The molecule has 0 aliphatic rings. The molecule has 0 amide bonds. The quantitative estimate of drug-likeness (QED) is 0.587. The van der Waals surface area contributed by atoms with Gasteiger partial charge in [-0.1, -0.05) is 6.07 Å². The third-order valence-corrected chi connectivity index (χ3v) is 2.46. The second-order valence-electron chi connectivity index (χ2n) is 3.95. The Labute approximate surface area is 118 Å². The van der Waals surface area contributed by atoms with Crippen LogP contribution in [0.2, 0.25) is 0 Å². The fourth-order valence-corrected chi connectivity index (χ4v) is 1.63. The molecule has 0 fully saturated rings. The second kappa shape index (κ2) is 9.16. The van der Waals surface area contributed by atoms with Gasteiger partial charge in [-0.3, -0.25) is 0 Å². The summed E-state index contributed by atoms with van der Waals surface area (Å²) in [5.41, 5.74) is 0.944. The Bertz CT molecular complexity index is 467. The maximum Gasteiger partial charge on any atom is 0.387 e. The topological polar surface area (TPSA) is 30.5 Å². The summed E-state index contributed by atoms with van der Waals surface area (Å²) >= 11 is 0. The molecule has 0 saturated heterocycles. The van der Waals surface area contributed by atoms with E-state index in [9.17, 15) is 8.78 Å². The van der Waals surface area contributed by atoms with Gasteiger partial charge in [0.2, 0.25) is 0 Å². The predicted molar refractivity (Wildman–Crippen MR) is 74.0 cm³/mol. The van der Waals surface area contributed by atoms with E-state index in [2.05, 4.69) is 21.9 Å². The minimum absolute atomic E-state index is 0.0578. The first-order valence-corrected chi connectivity index (χ1v) is 6.48. The van der Waals surface area contributed by atoms with Gasteiger partial charge in [0.15, 0.2) is 11.5 Å². The summed E-state index contributed by atoms with van der Waals surface area (Å²) in [6.45, 7) is 2.53. The zero-order valence-corrected chi connectivity index (χ0v) is 11.7. The number of alkyl halides is 2. The normalized spacial score (nSPS) is 10.1. The molecule has 5 heteroatoms. The summed E-state index contributed by atoms with van der Waals surface area (Å²) in [6, 6.07) is 4.94. The molecule has 1 aromatic carbocycles. The van der Waals surface area contributed by atoms with E-state index in [0.717, 1.165) is 18.5 Å². The monoisotopic (exact) mass is 283 g/mol. The molecule has 3 nitrogen and oxygen atoms in total. The molecule has 1 aromatic rings. The van der Waals surface area contributed by atoms with Gasteiger partial charge in [0.05, 0.1) is 6.61 Å². The molecule has 1 N–H and O–H groups in total. The van der Waals surface area contributed by atoms with Crippen molar-refractivity contribution in [2.24, 2.45) is 0 Å². The number of halogens is 2. The lowest BCUT2D eigenvalue weighted by Crippen LogP contribution is -2.14. The number of hydrogen-bond acceptors (Lipinski definition) is 3. The Morgan fingerprint density at radius 2 is 2.10 bits per heavy atom. The van der Waals surface area contributed by atoms with Crippen LogP contribution >= 0.6 is 0 Å². The summed E-state index contributed by atoms with van der Waals surface area (Å²) in [5.74, 6) is 6.17. The Morgan fingerprint density at radius 1 is 1.30 bits per heavy atom. The van der Waals surface area contributed by atoms with Crippen LogP contribution in [0.5, 0.6) is 11.5 Å². The summed E-state index contributed by atoms with van der Waals surface area (Å²) < 4.78 is 34.2. The second-order valence-corrected chi connectivity index (χ2v) is 3.95. The lowest BCUT2D eigenvalue weighted by molar-refractivity contribution is -0.0514. The van der Waals surface area contributed by atoms with E-state index in [1.807, 2.05) is 0 Å². The molecule has 0 bridgehead atoms. The summed E-state index contributed by atoms with van der Waals surface area (Å²) in [5, 5.41) is 3.22. The van der Waals surface area contributed by atoms with Crippen LogP contribution in [0.3, 0.4) is 0 Å². The third-order valence-electron chi connectivity index (χ3n) is 2.46. The van der Waals surface area contributed by atoms with Gasteiger partial charge < -0.3 is 14.8 Å².